The Balaban J connectivity index is 2.48. The van der Waals surface area contributed by atoms with E-state index in [-0.39, 0.29) is 5.75 Å². The van der Waals surface area contributed by atoms with Crippen LogP contribution in [0.4, 0.5) is 8.78 Å². The van der Waals surface area contributed by atoms with Crippen molar-refractivity contribution in [3.8, 4) is 5.75 Å². The molecule has 88 valence electrons. The molecule has 0 spiro atoms. The van der Waals surface area contributed by atoms with Crippen LogP contribution < -0.4 is 0 Å². The SMILES string of the molecule is CC(F)(F)C1(c2cccc(O)c2)CCCC1. The molecule has 3 heteroatoms. The summed E-state index contributed by atoms with van der Waals surface area (Å²) in [6.07, 6.45) is 2.66. The van der Waals surface area contributed by atoms with Gasteiger partial charge in [0.15, 0.2) is 0 Å². The minimum atomic E-state index is -2.74. The fourth-order valence-electron chi connectivity index (χ4n) is 2.76. The molecule has 1 aromatic rings. The summed E-state index contributed by atoms with van der Waals surface area (Å²) in [4.78, 5) is 0. The van der Waals surface area contributed by atoms with Crippen molar-refractivity contribution in [3.63, 3.8) is 0 Å². The van der Waals surface area contributed by atoms with E-state index in [1.165, 1.54) is 12.1 Å². The number of hydrogen-bond donors (Lipinski definition) is 1. The zero-order valence-corrected chi connectivity index (χ0v) is 9.34. The maximum Gasteiger partial charge on any atom is 0.254 e. The van der Waals surface area contributed by atoms with E-state index >= 15 is 0 Å². The largest absolute Gasteiger partial charge is 0.508 e. The molecule has 0 radical (unpaired) electrons. The normalized spacial score (nSPS) is 19.9. The van der Waals surface area contributed by atoms with E-state index in [4.69, 9.17) is 0 Å². The molecule has 1 N–H and O–H groups in total. The monoisotopic (exact) mass is 226 g/mol. The van der Waals surface area contributed by atoms with Gasteiger partial charge in [0.25, 0.3) is 5.92 Å². The third-order valence-corrected chi connectivity index (χ3v) is 3.70. The Morgan fingerprint density at radius 2 is 1.88 bits per heavy atom. The van der Waals surface area contributed by atoms with Gasteiger partial charge in [-0.3, -0.25) is 0 Å². The fraction of sp³-hybridized carbons (Fsp3) is 0.538. The van der Waals surface area contributed by atoms with Gasteiger partial charge in [0.2, 0.25) is 0 Å². The second-order valence-electron chi connectivity index (χ2n) is 4.73. The third-order valence-electron chi connectivity index (χ3n) is 3.70. The smallest absolute Gasteiger partial charge is 0.254 e. The first kappa shape index (κ1) is 11.4. The van der Waals surface area contributed by atoms with Gasteiger partial charge in [-0.05, 0) is 30.5 Å². The lowest BCUT2D eigenvalue weighted by Crippen LogP contribution is -2.40. The standard InChI is InChI=1S/C13H16F2O/c1-12(14,15)13(7-2-3-8-13)10-5-4-6-11(16)9-10/h4-6,9,16H,2-3,7-8H2,1H3. The Labute approximate surface area is 94.1 Å². The summed E-state index contributed by atoms with van der Waals surface area (Å²) in [7, 11) is 0. The van der Waals surface area contributed by atoms with Crippen LogP contribution >= 0.6 is 0 Å². The van der Waals surface area contributed by atoms with Crippen LogP contribution in [0.2, 0.25) is 0 Å². The maximum absolute atomic E-state index is 13.8. The molecule has 0 aliphatic heterocycles. The van der Waals surface area contributed by atoms with E-state index in [1.807, 2.05) is 0 Å². The quantitative estimate of drug-likeness (QED) is 0.811. The lowest BCUT2D eigenvalue weighted by molar-refractivity contribution is -0.0600. The van der Waals surface area contributed by atoms with Crippen LogP contribution in [0.15, 0.2) is 24.3 Å². The Kier molecular flexibility index (Phi) is 2.64. The van der Waals surface area contributed by atoms with Gasteiger partial charge in [-0.25, -0.2) is 8.78 Å². The fourth-order valence-corrected chi connectivity index (χ4v) is 2.76. The topological polar surface area (TPSA) is 20.2 Å². The average Bonchev–Trinajstić information content (AvgIpc) is 2.66. The van der Waals surface area contributed by atoms with Gasteiger partial charge >= 0.3 is 0 Å². The van der Waals surface area contributed by atoms with Gasteiger partial charge in [0, 0.05) is 6.92 Å². The highest BCUT2D eigenvalue weighted by atomic mass is 19.3. The van der Waals surface area contributed by atoms with Crippen molar-refractivity contribution in [2.75, 3.05) is 0 Å². The highest BCUT2D eigenvalue weighted by Crippen LogP contribution is 2.51. The summed E-state index contributed by atoms with van der Waals surface area (Å²) in [6, 6.07) is 6.32. The molecule has 2 rings (SSSR count). The summed E-state index contributed by atoms with van der Waals surface area (Å²) >= 11 is 0. The Morgan fingerprint density at radius 1 is 1.25 bits per heavy atom. The lowest BCUT2D eigenvalue weighted by Gasteiger charge is -2.35. The van der Waals surface area contributed by atoms with Gasteiger partial charge in [-0.1, -0.05) is 25.0 Å². The molecule has 0 bridgehead atoms. The number of alkyl halides is 2. The van der Waals surface area contributed by atoms with Crippen molar-refractivity contribution in [2.45, 2.75) is 43.9 Å². The number of phenolic OH excluding ortho intramolecular Hbond substituents is 1. The van der Waals surface area contributed by atoms with E-state index in [2.05, 4.69) is 0 Å². The van der Waals surface area contributed by atoms with Crippen molar-refractivity contribution in [2.24, 2.45) is 0 Å². The molecule has 1 fully saturated rings. The van der Waals surface area contributed by atoms with Crippen LogP contribution in [0.5, 0.6) is 5.75 Å². The van der Waals surface area contributed by atoms with Crippen molar-refractivity contribution >= 4 is 0 Å². The molecule has 1 aromatic carbocycles. The molecular weight excluding hydrogens is 210 g/mol. The molecule has 0 atom stereocenters. The Bertz CT molecular complexity index is 376. The molecule has 16 heavy (non-hydrogen) atoms. The second-order valence-corrected chi connectivity index (χ2v) is 4.73. The predicted octanol–water partition coefficient (Wildman–Crippen LogP) is 3.86. The Hall–Kier alpha value is -1.12. The van der Waals surface area contributed by atoms with Gasteiger partial charge in [0.05, 0.1) is 5.41 Å². The van der Waals surface area contributed by atoms with E-state index < -0.39 is 11.3 Å². The van der Waals surface area contributed by atoms with Crippen LogP contribution in [-0.4, -0.2) is 11.0 Å². The maximum atomic E-state index is 13.8. The number of benzene rings is 1. The average molecular weight is 226 g/mol. The summed E-state index contributed by atoms with van der Waals surface area (Å²) in [5.74, 6) is -2.68. The van der Waals surface area contributed by atoms with Crippen LogP contribution in [-0.2, 0) is 5.41 Å². The molecule has 1 aliphatic rings. The van der Waals surface area contributed by atoms with Crippen LogP contribution in [0, 0.1) is 0 Å². The zero-order chi connectivity index (χ0) is 11.8. The second kappa shape index (κ2) is 3.72. The van der Waals surface area contributed by atoms with Crippen LogP contribution in [0.3, 0.4) is 0 Å². The number of halogens is 2. The third kappa shape index (κ3) is 1.68. The van der Waals surface area contributed by atoms with Gasteiger partial charge in [-0.2, -0.15) is 0 Å². The number of rotatable bonds is 2. The molecule has 0 unspecified atom stereocenters. The number of phenols is 1. The molecule has 1 nitrogen and oxygen atoms in total. The molecule has 1 aliphatic carbocycles. The van der Waals surface area contributed by atoms with Crippen LogP contribution in [0.25, 0.3) is 0 Å². The summed E-state index contributed by atoms with van der Waals surface area (Å²) in [5.41, 5.74) is -0.511. The number of hydrogen-bond acceptors (Lipinski definition) is 1. The minimum absolute atomic E-state index is 0.0630. The summed E-state index contributed by atoms with van der Waals surface area (Å²) in [5, 5.41) is 9.41. The van der Waals surface area contributed by atoms with Gasteiger partial charge < -0.3 is 5.11 Å². The van der Waals surface area contributed by atoms with Gasteiger partial charge in [-0.15, -0.1) is 0 Å². The predicted molar refractivity (Wildman–Crippen MR) is 58.9 cm³/mol. The van der Waals surface area contributed by atoms with E-state index in [0.717, 1.165) is 19.8 Å². The summed E-state index contributed by atoms with van der Waals surface area (Å²) < 4.78 is 27.6. The zero-order valence-electron chi connectivity index (χ0n) is 9.34. The number of aromatic hydroxyl groups is 1. The van der Waals surface area contributed by atoms with Crippen LogP contribution in [0.1, 0.15) is 38.2 Å². The lowest BCUT2D eigenvalue weighted by atomic mass is 9.74. The molecule has 0 aromatic heterocycles. The molecular formula is C13H16F2O. The molecule has 1 saturated carbocycles. The van der Waals surface area contributed by atoms with Crippen molar-refractivity contribution in [1.82, 2.24) is 0 Å². The van der Waals surface area contributed by atoms with E-state index in [0.29, 0.717) is 18.4 Å². The Morgan fingerprint density at radius 3 is 2.38 bits per heavy atom. The summed E-state index contributed by atoms with van der Waals surface area (Å²) in [6.45, 7) is 0.988. The van der Waals surface area contributed by atoms with Crippen molar-refractivity contribution < 1.29 is 13.9 Å². The highest BCUT2D eigenvalue weighted by molar-refractivity contribution is 5.35. The van der Waals surface area contributed by atoms with Gasteiger partial charge in [0.1, 0.15) is 5.75 Å². The first-order chi connectivity index (χ1) is 7.46. The van der Waals surface area contributed by atoms with Crippen molar-refractivity contribution in [3.05, 3.63) is 29.8 Å². The first-order valence-corrected chi connectivity index (χ1v) is 5.63. The molecule has 0 saturated heterocycles. The van der Waals surface area contributed by atoms with Crippen molar-refractivity contribution in [1.29, 1.82) is 0 Å². The first-order valence-electron chi connectivity index (χ1n) is 5.63. The van der Waals surface area contributed by atoms with E-state index in [9.17, 15) is 13.9 Å². The van der Waals surface area contributed by atoms with E-state index in [1.54, 1.807) is 12.1 Å². The minimum Gasteiger partial charge on any atom is -0.508 e. The molecule has 0 amide bonds. The highest BCUT2D eigenvalue weighted by Gasteiger charge is 2.52. The molecule has 0 heterocycles.